The third-order valence-corrected chi connectivity index (χ3v) is 7.10. The monoisotopic (exact) mass is 554 g/mol. The molecule has 0 aromatic heterocycles. The number of benzene rings is 2. The Labute approximate surface area is 224 Å². The van der Waals surface area contributed by atoms with Gasteiger partial charge < -0.3 is 18.9 Å². The Morgan fingerprint density at radius 2 is 1.36 bits per heavy atom. The van der Waals surface area contributed by atoms with E-state index in [1.807, 2.05) is 13.0 Å². The van der Waals surface area contributed by atoms with Gasteiger partial charge in [-0.25, -0.2) is 14.4 Å². The molecule has 1 aliphatic heterocycles. The van der Waals surface area contributed by atoms with Crippen LogP contribution < -0.4 is 0 Å². The van der Waals surface area contributed by atoms with Crippen LogP contribution in [0, 0.1) is 13.8 Å². The molecule has 0 aliphatic carbocycles. The maximum absolute atomic E-state index is 13.2. The third kappa shape index (κ3) is 6.73. The minimum Gasteiger partial charge on any atom is -0.453 e. The van der Waals surface area contributed by atoms with Gasteiger partial charge in [0.05, 0.1) is 17.2 Å². The van der Waals surface area contributed by atoms with E-state index in [1.54, 1.807) is 63.2 Å². The largest absolute Gasteiger partial charge is 0.453 e. The molecule has 1 fully saturated rings. The molecule has 0 unspecified atom stereocenters. The normalized spacial score (nSPS) is 23.7. The quantitative estimate of drug-likeness (QED) is 0.248. The van der Waals surface area contributed by atoms with Gasteiger partial charge in [-0.3, -0.25) is 0 Å². The summed E-state index contributed by atoms with van der Waals surface area (Å²) >= 11 is 12.8. The molecular formula is C26H28Cl2O7S. The summed E-state index contributed by atoms with van der Waals surface area (Å²) in [5.41, 5.74) is 1.42. The Morgan fingerprint density at radius 3 is 1.83 bits per heavy atom. The zero-order chi connectivity index (χ0) is 26.4. The van der Waals surface area contributed by atoms with E-state index >= 15 is 0 Å². The van der Waals surface area contributed by atoms with Crippen molar-refractivity contribution in [1.82, 2.24) is 0 Å². The predicted molar refractivity (Wildman–Crippen MR) is 139 cm³/mol. The number of thioether (sulfide) groups is 1. The lowest BCUT2D eigenvalue weighted by Gasteiger charge is -2.43. The van der Waals surface area contributed by atoms with Gasteiger partial charge in [0.15, 0.2) is 18.3 Å². The average molecular weight is 555 g/mol. The molecule has 10 heteroatoms. The van der Waals surface area contributed by atoms with Crippen LogP contribution in [0.5, 0.6) is 0 Å². The van der Waals surface area contributed by atoms with Crippen molar-refractivity contribution in [2.45, 2.75) is 62.4 Å². The molecule has 194 valence electrons. The fourth-order valence-electron chi connectivity index (χ4n) is 3.86. The highest BCUT2D eigenvalue weighted by molar-refractivity contribution is 7.99. The lowest BCUT2D eigenvalue weighted by Crippen LogP contribution is -2.60. The number of hydrogen-bond acceptors (Lipinski definition) is 8. The zero-order valence-electron chi connectivity index (χ0n) is 20.3. The minimum absolute atomic E-state index is 0.331. The van der Waals surface area contributed by atoms with Crippen molar-refractivity contribution in [3.8, 4) is 0 Å². The maximum atomic E-state index is 13.2. The number of halogens is 2. The molecule has 2 aromatic carbocycles. The number of hydrogen-bond donors (Lipinski definition) is 0. The summed E-state index contributed by atoms with van der Waals surface area (Å²) in [5.74, 6) is -1.57. The first-order valence-corrected chi connectivity index (χ1v) is 13.3. The number of rotatable bonds is 8. The van der Waals surface area contributed by atoms with Gasteiger partial charge in [-0.05, 0) is 49.8 Å². The van der Waals surface area contributed by atoms with Crippen molar-refractivity contribution in [2.24, 2.45) is 0 Å². The molecule has 1 saturated heterocycles. The third-order valence-electron chi connectivity index (χ3n) is 5.70. The summed E-state index contributed by atoms with van der Waals surface area (Å²) in [7, 11) is 0. The lowest BCUT2D eigenvalue weighted by molar-refractivity contribution is -0.211. The Kier molecular flexibility index (Phi) is 10.1. The Hall–Kier alpha value is -2.26. The fourth-order valence-corrected chi connectivity index (χ4v) is 4.94. The second-order valence-electron chi connectivity index (χ2n) is 8.24. The molecule has 2 aromatic rings. The summed E-state index contributed by atoms with van der Waals surface area (Å²) < 4.78 is 23.4. The van der Waals surface area contributed by atoms with Crippen molar-refractivity contribution in [3.63, 3.8) is 0 Å². The van der Waals surface area contributed by atoms with Crippen molar-refractivity contribution in [2.75, 3.05) is 5.75 Å². The van der Waals surface area contributed by atoms with Gasteiger partial charge in [-0.1, -0.05) is 66.5 Å². The second-order valence-corrected chi connectivity index (χ2v) is 10.7. The van der Waals surface area contributed by atoms with Gasteiger partial charge >= 0.3 is 17.9 Å². The van der Waals surface area contributed by atoms with E-state index in [4.69, 9.17) is 42.1 Å². The van der Waals surface area contributed by atoms with E-state index < -0.39 is 52.6 Å². The Morgan fingerprint density at radius 1 is 0.861 bits per heavy atom. The molecule has 0 radical (unpaired) electrons. The second kappa shape index (κ2) is 12.8. The molecule has 0 N–H and O–H groups in total. The molecule has 0 spiro atoms. The number of ether oxygens (including phenoxy) is 4. The number of alkyl halides is 2. The summed E-state index contributed by atoms with van der Waals surface area (Å²) in [5, 5.41) is 0. The van der Waals surface area contributed by atoms with Crippen LogP contribution in [-0.2, 0) is 23.7 Å². The summed E-state index contributed by atoms with van der Waals surface area (Å²) in [6, 6.07) is 13.9. The van der Waals surface area contributed by atoms with Gasteiger partial charge in [-0.15, -0.1) is 11.8 Å². The Bertz CT molecular complexity index is 1090. The van der Waals surface area contributed by atoms with Gasteiger partial charge in [0.1, 0.15) is 5.44 Å². The van der Waals surface area contributed by atoms with Crippen LogP contribution in [0.2, 0.25) is 0 Å². The Balaban J connectivity index is 2.00. The zero-order valence-corrected chi connectivity index (χ0v) is 22.6. The standard InChI is InChI=1S/C26H28Cl2O7S/c1-5-36-26-21(35-24(30)18-13-9-7-11-15(18)3)20(19(16(4)32-26)33-25(31)22(27)28)34-23(29)17-12-8-6-10-14(17)2/h6-13,16,19-22,26H,5H2,1-4H3/t16-,19-,20+,21+,26-/m0/s1. The van der Waals surface area contributed by atoms with E-state index in [0.717, 1.165) is 5.56 Å². The van der Waals surface area contributed by atoms with Crippen LogP contribution >= 0.6 is 35.0 Å². The molecule has 0 amide bonds. The van der Waals surface area contributed by atoms with Gasteiger partial charge in [0, 0.05) is 0 Å². The van der Waals surface area contributed by atoms with Crippen LogP contribution in [0.15, 0.2) is 48.5 Å². The summed E-state index contributed by atoms with van der Waals surface area (Å²) in [6.45, 7) is 7.16. The molecule has 0 bridgehead atoms. The molecule has 36 heavy (non-hydrogen) atoms. The smallest absolute Gasteiger partial charge is 0.339 e. The number of carbonyl (C=O) groups excluding carboxylic acids is 3. The molecule has 0 saturated carbocycles. The van der Waals surface area contributed by atoms with E-state index in [0.29, 0.717) is 22.4 Å². The number of aryl methyl sites for hydroxylation is 2. The van der Waals surface area contributed by atoms with Crippen LogP contribution in [-0.4, -0.2) is 58.3 Å². The van der Waals surface area contributed by atoms with Gasteiger partial charge in [0.2, 0.25) is 4.84 Å². The first kappa shape index (κ1) is 28.3. The molecule has 3 rings (SSSR count). The molecule has 5 atom stereocenters. The van der Waals surface area contributed by atoms with Crippen molar-refractivity contribution < 1.29 is 33.3 Å². The fraction of sp³-hybridized carbons (Fsp3) is 0.423. The highest BCUT2D eigenvalue weighted by Gasteiger charge is 2.51. The topological polar surface area (TPSA) is 88.1 Å². The summed E-state index contributed by atoms with van der Waals surface area (Å²) in [4.78, 5) is 37.3. The SMILES string of the molecule is CCS[C@@H]1O[C@@H](C)[C@H](OC(=O)C(Cl)Cl)[C@@H](OC(=O)c2ccccc2C)[C@H]1OC(=O)c1ccccc1C. The minimum atomic E-state index is -1.46. The van der Waals surface area contributed by atoms with Gasteiger partial charge in [-0.2, -0.15) is 0 Å². The average Bonchev–Trinajstić information content (AvgIpc) is 2.83. The van der Waals surface area contributed by atoms with Crippen molar-refractivity contribution in [3.05, 3.63) is 70.8 Å². The van der Waals surface area contributed by atoms with Crippen LogP contribution in [0.3, 0.4) is 0 Å². The van der Waals surface area contributed by atoms with E-state index in [9.17, 15) is 14.4 Å². The van der Waals surface area contributed by atoms with Crippen molar-refractivity contribution in [1.29, 1.82) is 0 Å². The van der Waals surface area contributed by atoms with Crippen molar-refractivity contribution >= 4 is 52.9 Å². The molecular weight excluding hydrogens is 527 g/mol. The van der Waals surface area contributed by atoms with Gasteiger partial charge in [0.25, 0.3) is 0 Å². The van der Waals surface area contributed by atoms with Crippen LogP contribution in [0.4, 0.5) is 0 Å². The first-order valence-electron chi connectivity index (χ1n) is 11.4. The highest BCUT2D eigenvalue weighted by Crippen LogP contribution is 2.35. The van der Waals surface area contributed by atoms with E-state index in [2.05, 4.69) is 0 Å². The summed E-state index contributed by atoms with van der Waals surface area (Å²) in [6.07, 6.45) is -4.12. The lowest BCUT2D eigenvalue weighted by atomic mass is 9.99. The number of carbonyl (C=O) groups is 3. The highest BCUT2D eigenvalue weighted by atomic mass is 35.5. The number of esters is 3. The van der Waals surface area contributed by atoms with E-state index in [-0.39, 0.29) is 0 Å². The molecule has 1 aliphatic rings. The van der Waals surface area contributed by atoms with E-state index in [1.165, 1.54) is 11.8 Å². The molecule has 7 nitrogen and oxygen atoms in total. The molecule has 1 heterocycles. The predicted octanol–water partition coefficient (Wildman–Crippen LogP) is 5.27. The first-order chi connectivity index (χ1) is 17.1. The van der Waals surface area contributed by atoms with Crippen LogP contribution in [0.25, 0.3) is 0 Å². The van der Waals surface area contributed by atoms with Crippen LogP contribution in [0.1, 0.15) is 45.7 Å². The maximum Gasteiger partial charge on any atom is 0.339 e.